The second kappa shape index (κ2) is 9.67. The van der Waals surface area contributed by atoms with E-state index in [0.29, 0.717) is 21.7 Å². The maximum absolute atomic E-state index is 12.9. The summed E-state index contributed by atoms with van der Waals surface area (Å²) in [4.78, 5) is 19.3. The normalized spacial score (nSPS) is 17.4. The number of amides is 1. The van der Waals surface area contributed by atoms with Gasteiger partial charge in [0.15, 0.2) is 5.11 Å². The van der Waals surface area contributed by atoms with E-state index in [0.717, 1.165) is 16.9 Å². The average Bonchev–Trinajstić information content (AvgIpc) is 3.46. The van der Waals surface area contributed by atoms with Crippen molar-refractivity contribution in [1.29, 1.82) is 0 Å². The number of rotatable bonds is 6. The number of thiocarbonyl (C=S) groups is 1. The predicted octanol–water partition coefficient (Wildman–Crippen LogP) is 5.61. The van der Waals surface area contributed by atoms with E-state index in [1.54, 1.807) is 6.20 Å². The molecule has 1 saturated heterocycles. The molecule has 2 aromatic carbocycles. The topological polar surface area (TPSA) is 70.4 Å². The van der Waals surface area contributed by atoms with Crippen LogP contribution in [-0.4, -0.2) is 27.4 Å². The number of carbonyl (C=O) groups is 1. The van der Waals surface area contributed by atoms with Gasteiger partial charge in [-0.3, -0.25) is 9.78 Å². The van der Waals surface area contributed by atoms with Crippen LogP contribution in [-0.2, 0) is 4.79 Å². The van der Waals surface area contributed by atoms with Crippen molar-refractivity contribution in [1.82, 2.24) is 15.2 Å². The van der Waals surface area contributed by atoms with Crippen LogP contribution in [0.2, 0.25) is 5.02 Å². The molecule has 5 rings (SSSR count). The molecule has 3 heterocycles. The molecule has 1 aliphatic heterocycles. The molecule has 6 nitrogen and oxygen atoms in total. The molecule has 34 heavy (non-hydrogen) atoms. The Morgan fingerprint density at radius 1 is 1.03 bits per heavy atom. The minimum atomic E-state index is -0.357. The standard InChI is InChI=1S/C26H21ClN4O2S/c27-18-11-9-17(10-12-18)21-13-14-22(33-21)25-24(20-8-4-5-15-28-20)30-26(34)31(25)16-23(32)29-19-6-2-1-3-7-19/h1-15,24-25H,16H2,(H,29,32)(H,30,34)/t24-,25+/m0/s1. The first kappa shape index (κ1) is 22.1. The zero-order chi connectivity index (χ0) is 23.5. The van der Waals surface area contributed by atoms with Gasteiger partial charge >= 0.3 is 0 Å². The fourth-order valence-electron chi connectivity index (χ4n) is 4.04. The summed E-state index contributed by atoms with van der Waals surface area (Å²) < 4.78 is 6.28. The van der Waals surface area contributed by atoms with Crippen molar-refractivity contribution in [3.05, 3.63) is 108 Å². The molecule has 1 aliphatic rings. The van der Waals surface area contributed by atoms with Crippen LogP contribution in [0.15, 0.2) is 95.5 Å². The van der Waals surface area contributed by atoms with Crippen molar-refractivity contribution < 1.29 is 9.21 Å². The number of hydrogen-bond acceptors (Lipinski definition) is 4. The minimum absolute atomic E-state index is 0.0612. The maximum Gasteiger partial charge on any atom is 0.244 e. The van der Waals surface area contributed by atoms with Crippen molar-refractivity contribution in [3.63, 3.8) is 0 Å². The van der Waals surface area contributed by atoms with Gasteiger partial charge in [-0.25, -0.2) is 0 Å². The number of pyridine rings is 1. The molecule has 2 N–H and O–H groups in total. The van der Waals surface area contributed by atoms with Crippen LogP contribution in [0.1, 0.15) is 23.5 Å². The van der Waals surface area contributed by atoms with Crippen LogP contribution in [0, 0.1) is 0 Å². The van der Waals surface area contributed by atoms with Crippen LogP contribution >= 0.6 is 23.8 Å². The van der Waals surface area contributed by atoms with Gasteiger partial charge in [0.25, 0.3) is 0 Å². The number of nitrogens with one attached hydrogen (secondary N) is 2. The Labute approximate surface area is 207 Å². The number of hydrogen-bond donors (Lipinski definition) is 2. The van der Waals surface area contributed by atoms with Crippen LogP contribution in [0.3, 0.4) is 0 Å². The predicted molar refractivity (Wildman–Crippen MR) is 136 cm³/mol. The van der Waals surface area contributed by atoms with E-state index in [2.05, 4.69) is 15.6 Å². The number of aromatic nitrogens is 1. The van der Waals surface area contributed by atoms with Gasteiger partial charge in [-0.15, -0.1) is 0 Å². The summed E-state index contributed by atoms with van der Waals surface area (Å²) in [6.45, 7) is 0.0612. The Balaban J connectivity index is 1.46. The highest BCUT2D eigenvalue weighted by molar-refractivity contribution is 7.80. The van der Waals surface area contributed by atoms with E-state index in [-0.39, 0.29) is 24.5 Å². The molecule has 0 spiro atoms. The number of halogens is 1. The van der Waals surface area contributed by atoms with E-state index in [1.807, 2.05) is 89.8 Å². The molecule has 0 bridgehead atoms. The van der Waals surface area contributed by atoms with Crippen molar-refractivity contribution in [2.45, 2.75) is 12.1 Å². The molecule has 0 saturated carbocycles. The summed E-state index contributed by atoms with van der Waals surface area (Å²) in [7, 11) is 0. The molecule has 2 aromatic heterocycles. The molecular weight excluding hydrogens is 468 g/mol. The Bertz CT molecular complexity index is 1300. The fraction of sp³-hybridized carbons (Fsp3) is 0.115. The second-order valence-electron chi connectivity index (χ2n) is 7.88. The highest BCUT2D eigenvalue weighted by Gasteiger charge is 2.42. The van der Waals surface area contributed by atoms with Crippen LogP contribution in [0.5, 0.6) is 0 Å². The highest BCUT2D eigenvalue weighted by atomic mass is 35.5. The molecule has 0 radical (unpaired) electrons. The summed E-state index contributed by atoms with van der Waals surface area (Å²) in [5.41, 5.74) is 2.45. The third kappa shape index (κ3) is 4.66. The first-order chi connectivity index (χ1) is 16.6. The second-order valence-corrected chi connectivity index (χ2v) is 8.70. The van der Waals surface area contributed by atoms with Gasteiger partial charge in [0.05, 0.1) is 11.7 Å². The minimum Gasteiger partial charge on any atom is -0.459 e. The number of para-hydroxylation sites is 1. The Morgan fingerprint density at radius 3 is 2.53 bits per heavy atom. The largest absolute Gasteiger partial charge is 0.459 e. The lowest BCUT2D eigenvalue weighted by atomic mass is 10.0. The molecule has 1 amide bonds. The lowest BCUT2D eigenvalue weighted by Crippen LogP contribution is -2.36. The third-order valence-electron chi connectivity index (χ3n) is 5.62. The number of anilines is 1. The van der Waals surface area contributed by atoms with Gasteiger partial charge in [0.1, 0.15) is 24.1 Å². The number of benzene rings is 2. The highest BCUT2D eigenvalue weighted by Crippen LogP contribution is 2.40. The molecule has 0 unspecified atom stereocenters. The van der Waals surface area contributed by atoms with E-state index in [1.165, 1.54) is 0 Å². The Kier molecular flexibility index (Phi) is 6.29. The van der Waals surface area contributed by atoms with Crippen molar-refractivity contribution in [2.24, 2.45) is 0 Å². The monoisotopic (exact) mass is 488 g/mol. The quantitative estimate of drug-likeness (QED) is 0.344. The van der Waals surface area contributed by atoms with Gasteiger partial charge in [-0.1, -0.05) is 35.9 Å². The van der Waals surface area contributed by atoms with Crippen molar-refractivity contribution in [2.75, 3.05) is 11.9 Å². The van der Waals surface area contributed by atoms with Crippen LogP contribution in [0.4, 0.5) is 5.69 Å². The summed E-state index contributed by atoms with van der Waals surface area (Å²) in [5, 5.41) is 7.38. The number of nitrogens with zero attached hydrogens (tertiary/aromatic N) is 2. The van der Waals surface area contributed by atoms with Crippen molar-refractivity contribution >= 4 is 40.5 Å². The van der Waals surface area contributed by atoms with Gasteiger partial charge in [-0.2, -0.15) is 0 Å². The smallest absolute Gasteiger partial charge is 0.244 e. The van der Waals surface area contributed by atoms with Crippen LogP contribution in [0.25, 0.3) is 11.3 Å². The molecule has 170 valence electrons. The zero-order valence-electron chi connectivity index (χ0n) is 18.0. The Hall–Kier alpha value is -3.68. The van der Waals surface area contributed by atoms with E-state index in [9.17, 15) is 4.79 Å². The molecule has 0 aliphatic carbocycles. The van der Waals surface area contributed by atoms with Gasteiger partial charge in [0, 0.05) is 22.5 Å². The molecule has 4 aromatic rings. The number of carbonyl (C=O) groups excluding carboxylic acids is 1. The molecule has 1 fully saturated rings. The molecule has 8 heteroatoms. The lowest BCUT2D eigenvalue weighted by Gasteiger charge is -2.25. The van der Waals surface area contributed by atoms with Gasteiger partial charge in [0.2, 0.25) is 5.91 Å². The SMILES string of the molecule is O=C(CN1C(=S)N[C@@H](c2ccccn2)[C@H]1c1ccc(-c2ccc(Cl)cc2)o1)Nc1ccccc1. The average molecular weight is 489 g/mol. The summed E-state index contributed by atoms with van der Waals surface area (Å²) >= 11 is 11.7. The summed E-state index contributed by atoms with van der Waals surface area (Å²) in [6, 6.07) is 25.7. The summed E-state index contributed by atoms with van der Waals surface area (Å²) in [6.07, 6.45) is 1.74. The fourth-order valence-corrected chi connectivity index (χ4v) is 4.47. The molecular formula is C26H21ClN4O2S. The molecule has 2 atom stereocenters. The Morgan fingerprint density at radius 2 is 1.79 bits per heavy atom. The third-order valence-corrected chi connectivity index (χ3v) is 6.22. The first-order valence-electron chi connectivity index (χ1n) is 10.8. The van der Waals surface area contributed by atoms with Gasteiger partial charge < -0.3 is 20.0 Å². The maximum atomic E-state index is 12.9. The van der Waals surface area contributed by atoms with E-state index in [4.69, 9.17) is 28.2 Å². The zero-order valence-corrected chi connectivity index (χ0v) is 19.6. The van der Waals surface area contributed by atoms with E-state index >= 15 is 0 Å². The lowest BCUT2D eigenvalue weighted by molar-refractivity contribution is -0.116. The van der Waals surface area contributed by atoms with Crippen molar-refractivity contribution in [3.8, 4) is 11.3 Å². The van der Waals surface area contributed by atoms with Crippen LogP contribution < -0.4 is 10.6 Å². The first-order valence-corrected chi connectivity index (χ1v) is 11.6. The number of furan rings is 1. The summed E-state index contributed by atoms with van der Waals surface area (Å²) in [5.74, 6) is 1.21. The van der Waals surface area contributed by atoms with E-state index < -0.39 is 0 Å². The van der Waals surface area contributed by atoms with Gasteiger partial charge in [-0.05, 0) is 72.9 Å².